The largest absolute Gasteiger partial charge is 0.392 e. The van der Waals surface area contributed by atoms with Crippen LogP contribution in [0, 0.1) is 5.41 Å². The lowest BCUT2D eigenvalue weighted by molar-refractivity contribution is -0.0690. The van der Waals surface area contributed by atoms with Crippen LogP contribution < -0.4 is 5.32 Å². The Morgan fingerprint density at radius 2 is 2.47 bits per heavy atom. The van der Waals surface area contributed by atoms with Crippen molar-refractivity contribution in [3.63, 3.8) is 0 Å². The van der Waals surface area contributed by atoms with Crippen LogP contribution in [0.15, 0.2) is 12.5 Å². The minimum atomic E-state index is -0.329. The third kappa shape index (κ3) is 1.63. The van der Waals surface area contributed by atoms with Gasteiger partial charge in [0.05, 0.1) is 18.6 Å². The van der Waals surface area contributed by atoms with E-state index in [0.29, 0.717) is 12.1 Å². The molecule has 1 aromatic rings. The number of carbonyl (C=O) groups excluding carboxylic acids is 1. The minimum Gasteiger partial charge on any atom is -0.392 e. The van der Waals surface area contributed by atoms with Gasteiger partial charge in [0, 0.05) is 11.5 Å². The maximum absolute atomic E-state index is 11.6. The SMILES string of the molecule is CC1(C)C(O)CC1NC(=O)c1cnc[nH]1. The number of nitrogens with one attached hydrogen (secondary N) is 2. The van der Waals surface area contributed by atoms with Gasteiger partial charge in [-0.1, -0.05) is 13.8 Å². The molecule has 15 heavy (non-hydrogen) atoms. The van der Waals surface area contributed by atoms with Crippen molar-refractivity contribution in [1.82, 2.24) is 15.3 Å². The van der Waals surface area contributed by atoms with Crippen molar-refractivity contribution in [1.29, 1.82) is 0 Å². The number of amides is 1. The lowest BCUT2D eigenvalue weighted by Gasteiger charge is -2.49. The second-order valence-corrected chi connectivity index (χ2v) is 4.56. The Bertz CT molecular complexity index is 359. The van der Waals surface area contributed by atoms with Crippen LogP contribution in [0.5, 0.6) is 0 Å². The highest BCUT2D eigenvalue weighted by Gasteiger charge is 2.48. The third-order valence-corrected chi connectivity index (χ3v) is 3.26. The van der Waals surface area contributed by atoms with Crippen LogP contribution >= 0.6 is 0 Å². The number of rotatable bonds is 2. The van der Waals surface area contributed by atoms with E-state index < -0.39 is 0 Å². The molecule has 2 atom stereocenters. The van der Waals surface area contributed by atoms with Crippen molar-refractivity contribution in [2.75, 3.05) is 0 Å². The second kappa shape index (κ2) is 3.34. The van der Waals surface area contributed by atoms with Gasteiger partial charge in [0.2, 0.25) is 0 Å². The molecule has 0 aromatic carbocycles. The summed E-state index contributed by atoms with van der Waals surface area (Å²) in [6.45, 7) is 3.89. The number of carbonyl (C=O) groups is 1. The molecule has 1 aromatic heterocycles. The van der Waals surface area contributed by atoms with Crippen LogP contribution in [0.25, 0.3) is 0 Å². The molecule has 1 fully saturated rings. The molecule has 1 heterocycles. The highest BCUT2D eigenvalue weighted by Crippen LogP contribution is 2.40. The maximum Gasteiger partial charge on any atom is 0.269 e. The molecule has 82 valence electrons. The zero-order valence-corrected chi connectivity index (χ0v) is 8.82. The van der Waals surface area contributed by atoms with Gasteiger partial charge in [-0.15, -0.1) is 0 Å². The Morgan fingerprint density at radius 1 is 1.73 bits per heavy atom. The van der Waals surface area contributed by atoms with Crippen LogP contribution in [0.4, 0.5) is 0 Å². The number of aromatic nitrogens is 2. The fourth-order valence-electron chi connectivity index (χ4n) is 1.76. The van der Waals surface area contributed by atoms with Gasteiger partial charge in [-0.2, -0.15) is 0 Å². The molecule has 1 aliphatic rings. The smallest absolute Gasteiger partial charge is 0.269 e. The average Bonchev–Trinajstić information content (AvgIpc) is 2.70. The topological polar surface area (TPSA) is 78.0 Å². The van der Waals surface area contributed by atoms with E-state index in [0.717, 1.165) is 0 Å². The van der Waals surface area contributed by atoms with Gasteiger partial charge in [-0.05, 0) is 6.42 Å². The molecule has 0 bridgehead atoms. The van der Waals surface area contributed by atoms with Gasteiger partial charge >= 0.3 is 0 Å². The molecule has 0 aliphatic heterocycles. The van der Waals surface area contributed by atoms with E-state index >= 15 is 0 Å². The van der Waals surface area contributed by atoms with Gasteiger partial charge < -0.3 is 15.4 Å². The number of imidazole rings is 1. The number of nitrogens with zero attached hydrogens (tertiary/aromatic N) is 1. The summed E-state index contributed by atoms with van der Waals surface area (Å²) in [5.74, 6) is -0.169. The summed E-state index contributed by atoms with van der Waals surface area (Å²) in [6, 6.07) is 0.0308. The fraction of sp³-hybridized carbons (Fsp3) is 0.600. The summed E-state index contributed by atoms with van der Waals surface area (Å²) in [5, 5.41) is 12.4. The Morgan fingerprint density at radius 3 is 2.93 bits per heavy atom. The van der Waals surface area contributed by atoms with E-state index in [9.17, 15) is 9.90 Å². The first-order chi connectivity index (χ1) is 7.01. The predicted octanol–water partition coefficient (Wildman–Crippen LogP) is 0.299. The van der Waals surface area contributed by atoms with Gasteiger partial charge in [0.1, 0.15) is 5.69 Å². The predicted molar refractivity (Wildman–Crippen MR) is 54.2 cm³/mol. The van der Waals surface area contributed by atoms with E-state index in [-0.39, 0.29) is 23.5 Å². The van der Waals surface area contributed by atoms with Crippen molar-refractivity contribution in [2.24, 2.45) is 5.41 Å². The molecule has 1 aliphatic carbocycles. The summed E-state index contributed by atoms with van der Waals surface area (Å²) >= 11 is 0. The molecule has 2 rings (SSSR count). The molecular formula is C10H15N3O2. The first kappa shape index (κ1) is 10.2. The van der Waals surface area contributed by atoms with Crippen LogP contribution in [0.3, 0.4) is 0 Å². The summed E-state index contributed by atoms with van der Waals surface area (Å²) < 4.78 is 0. The zero-order valence-electron chi connectivity index (χ0n) is 8.82. The van der Waals surface area contributed by atoms with Crippen LogP contribution in [0.1, 0.15) is 30.8 Å². The first-order valence-corrected chi connectivity index (χ1v) is 4.99. The molecule has 0 radical (unpaired) electrons. The highest BCUT2D eigenvalue weighted by atomic mass is 16.3. The van der Waals surface area contributed by atoms with E-state index in [1.165, 1.54) is 12.5 Å². The lowest BCUT2D eigenvalue weighted by Crippen LogP contribution is -2.61. The van der Waals surface area contributed by atoms with Crippen molar-refractivity contribution in [3.8, 4) is 0 Å². The minimum absolute atomic E-state index is 0.0308. The molecule has 5 nitrogen and oxygen atoms in total. The van der Waals surface area contributed by atoms with E-state index in [1.807, 2.05) is 13.8 Å². The molecule has 1 saturated carbocycles. The number of aliphatic hydroxyl groups is 1. The number of H-pyrrole nitrogens is 1. The van der Waals surface area contributed by atoms with Gasteiger partial charge in [0.15, 0.2) is 0 Å². The Balaban J connectivity index is 1.97. The standard InChI is InChI=1S/C10H15N3O2/c1-10(2)7(3-8(10)14)13-9(15)6-4-11-5-12-6/h4-5,7-8,14H,3H2,1-2H3,(H,11,12)(H,13,15). The summed E-state index contributed by atoms with van der Waals surface area (Å²) in [5.41, 5.74) is 0.211. The molecule has 2 unspecified atom stereocenters. The second-order valence-electron chi connectivity index (χ2n) is 4.56. The highest BCUT2D eigenvalue weighted by molar-refractivity contribution is 5.92. The van der Waals surface area contributed by atoms with E-state index in [2.05, 4.69) is 15.3 Å². The zero-order chi connectivity index (χ0) is 11.1. The molecule has 3 N–H and O–H groups in total. The van der Waals surface area contributed by atoms with Gasteiger partial charge in [0.25, 0.3) is 5.91 Å². The summed E-state index contributed by atoms with van der Waals surface area (Å²) in [6.07, 6.45) is 3.24. The Hall–Kier alpha value is -1.36. The van der Waals surface area contributed by atoms with Crippen molar-refractivity contribution >= 4 is 5.91 Å². The molecule has 1 amide bonds. The monoisotopic (exact) mass is 209 g/mol. The van der Waals surface area contributed by atoms with Crippen LogP contribution in [0.2, 0.25) is 0 Å². The number of aromatic amines is 1. The van der Waals surface area contributed by atoms with Crippen LogP contribution in [-0.4, -0.2) is 33.1 Å². The van der Waals surface area contributed by atoms with Crippen LogP contribution in [-0.2, 0) is 0 Å². The Labute approximate surface area is 87.9 Å². The van der Waals surface area contributed by atoms with Crippen molar-refractivity contribution in [3.05, 3.63) is 18.2 Å². The molecular weight excluding hydrogens is 194 g/mol. The molecule has 5 heteroatoms. The Kier molecular flexibility index (Phi) is 2.26. The van der Waals surface area contributed by atoms with Gasteiger partial charge in [-0.25, -0.2) is 4.98 Å². The molecule has 0 spiro atoms. The normalized spacial score (nSPS) is 28.2. The first-order valence-electron chi connectivity index (χ1n) is 4.99. The van der Waals surface area contributed by atoms with E-state index in [1.54, 1.807) is 0 Å². The third-order valence-electron chi connectivity index (χ3n) is 3.26. The van der Waals surface area contributed by atoms with E-state index in [4.69, 9.17) is 0 Å². The van der Waals surface area contributed by atoms with Gasteiger partial charge in [-0.3, -0.25) is 4.79 Å². The number of hydrogen-bond acceptors (Lipinski definition) is 3. The summed E-state index contributed by atoms with van der Waals surface area (Å²) in [7, 11) is 0. The average molecular weight is 209 g/mol. The fourth-order valence-corrected chi connectivity index (χ4v) is 1.76. The van der Waals surface area contributed by atoms with Crippen molar-refractivity contribution in [2.45, 2.75) is 32.4 Å². The number of aliphatic hydroxyl groups excluding tert-OH is 1. The summed E-state index contributed by atoms with van der Waals surface area (Å²) in [4.78, 5) is 18.2. The lowest BCUT2D eigenvalue weighted by atomic mass is 9.64. The van der Waals surface area contributed by atoms with Crippen molar-refractivity contribution < 1.29 is 9.90 Å². The quantitative estimate of drug-likeness (QED) is 0.655. The maximum atomic E-state index is 11.6. The number of hydrogen-bond donors (Lipinski definition) is 3. The molecule has 0 saturated heterocycles.